The molecule has 47 heavy (non-hydrogen) atoms. The molecule has 1 heteroatoms. The highest BCUT2D eigenvalue weighted by Gasteiger charge is 2.24. The summed E-state index contributed by atoms with van der Waals surface area (Å²) in [6.07, 6.45) is 0. The minimum absolute atomic E-state index is 0.159. The largest absolute Gasteiger partial charge is 0.456 e. The molecule has 0 fully saturated rings. The van der Waals surface area contributed by atoms with Crippen molar-refractivity contribution in [3.05, 3.63) is 170 Å². The first-order valence-corrected chi connectivity index (χ1v) is 15.8. The SMILES string of the molecule is [2H]c1c([2H])c([2H])c(-c2ccc3oc4ccccc4c3c2-c2c3ccccc3c(-c3cccc4c3ccc3ccccc34)c3ccccc23)c([2H])c1[2H]. The number of benzene rings is 9. The average molecular weight is 602 g/mol. The van der Waals surface area contributed by atoms with Gasteiger partial charge in [-0.25, -0.2) is 0 Å². The molecule has 0 aliphatic heterocycles. The van der Waals surface area contributed by atoms with Gasteiger partial charge in [0.1, 0.15) is 11.2 Å². The first-order chi connectivity index (χ1) is 25.4. The molecular formula is C46H28O. The van der Waals surface area contributed by atoms with Crippen LogP contribution in [0, 0.1) is 0 Å². The van der Waals surface area contributed by atoms with Crippen LogP contribution >= 0.6 is 0 Å². The molecule has 0 saturated heterocycles. The number of para-hydroxylation sites is 1. The van der Waals surface area contributed by atoms with E-state index in [0.717, 1.165) is 60.0 Å². The zero-order chi connectivity index (χ0) is 35.2. The fraction of sp³-hybridized carbons (Fsp3) is 0. The van der Waals surface area contributed by atoms with Gasteiger partial charge in [-0.3, -0.25) is 0 Å². The normalized spacial score (nSPS) is 13.3. The van der Waals surface area contributed by atoms with E-state index >= 15 is 0 Å². The molecule has 0 amide bonds. The molecule has 0 atom stereocenters. The van der Waals surface area contributed by atoms with E-state index in [0.29, 0.717) is 16.7 Å². The van der Waals surface area contributed by atoms with Crippen molar-refractivity contribution >= 4 is 65.0 Å². The van der Waals surface area contributed by atoms with Crippen molar-refractivity contribution in [3.8, 4) is 33.4 Å². The van der Waals surface area contributed by atoms with Gasteiger partial charge in [0.25, 0.3) is 0 Å². The number of hydrogen-bond acceptors (Lipinski definition) is 1. The van der Waals surface area contributed by atoms with E-state index < -0.39 is 6.04 Å². The van der Waals surface area contributed by atoms with Gasteiger partial charge in [0.05, 0.1) is 6.85 Å². The summed E-state index contributed by atoms with van der Waals surface area (Å²) >= 11 is 0. The summed E-state index contributed by atoms with van der Waals surface area (Å²) in [4.78, 5) is 0. The lowest BCUT2D eigenvalue weighted by molar-refractivity contribution is 0.669. The first kappa shape index (κ1) is 21.5. The zero-order valence-electron chi connectivity index (χ0n) is 30.2. The molecule has 218 valence electrons. The van der Waals surface area contributed by atoms with Gasteiger partial charge in [-0.15, -0.1) is 0 Å². The Morgan fingerprint density at radius 3 is 1.72 bits per heavy atom. The maximum absolute atomic E-state index is 9.08. The lowest BCUT2D eigenvalue weighted by Gasteiger charge is -2.21. The molecule has 9 aromatic carbocycles. The second-order valence-corrected chi connectivity index (χ2v) is 12.0. The molecule has 0 aliphatic carbocycles. The topological polar surface area (TPSA) is 13.1 Å². The summed E-state index contributed by atoms with van der Waals surface area (Å²) in [6, 6.07) is 46.2. The van der Waals surface area contributed by atoms with Crippen molar-refractivity contribution in [2.24, 2.45) is 0 Å². The zero-order valence-corrected chi connectivity index (χ0v) is 25.2. The van der Waals surface area contributed by atoms with E-state index in [9.17, 15) is 0 Å². The highest BCUT2D eigenvalue weighted by atomic mass is 16.3. The molecule has 0 radical (unpaired) electrons. The van der Waals surface area contributed by atoms with Crippen LogP contribution in [-0.2, 0) is 0 Å². The Kier molecular flexibility index (Phi) is 4.66. The molecular weight excluding hydrogens is 569 g/mol. The van der Waals surface area contributed by atoms with Crippen LogP contribution < -0.4 is 0 Å². The van der Waals surface area contributed by atoms with Crippen LogP contribution in [0.5, 0.6) is 0 Å². The first-order valence-electron chi connectivity index (χ1n) is 18.3. The Labute approximate surface area is 279 Å². The van der Waals surface area contributed by atoms with Crippen molar-refractivity contribution < 1.29 is 11.3 Å². The Morgan fingerprint density at radius 1 is 0.362 bits per heavy atom. The van der Waals surface area contributed by atoms with Crippen LogP contribution in [0.2, 0.25) is 0 Å². The minimum atomic E-state index is -0.418. The van der Waals surface area contributed by atoms with Crippen LogP contribution in [0.3, 0.4) is 0 Å². The van der Waals surface area contributed by atoms with Crippen LogP contribution in [-0.4, -0.2) is 0 Å². The lowest BCUT2D eigenvalue weighted by atomic mass is 9.81. The number of hydrogen-bond donors (Lipinski definition) is 0. The molecule has 0 aliphatic rings. The summed E-state index contributed by atoms with van der Waals surface area (Å²) in [5.74, 6) is 0. The van der Waals surface area contributed by atoms with Gasteiger partial charge in [-0.05, 0) is 83.0 Å². The highest BCUT2D eigenvalue weighted by Crippen LogP contribution is 2.50. The fourth-order valence-corrected chi connectivity index (χ4v) is 7.62. The monoisotopic (exact) mass is 601 g/mol. The van der Waals surface area contributed by atoms with Gasteiger partial charge < -0.3 is 4.42 Å². The van der Waals surface area contributed by atoms with Gasteiger partial charge in [0.15, 0.2) is 0 Å². The Morgan fingerprint density at radius 2 is 0.979 bits per heavy atom. The molecule has 10 aromatic rings. The third-order valence-corrected chi connectivity index (χ3v) is 9.55. The second kappa shape index (κ2) is 10.2. The van der Waals surface area contributed by atoms with E-state index in [-0.39, 0.29) is 29.7 Å². The second-order valence-electron chi connectivity index (χ2n) is 12.0. The Bertz CT molecular complexity index is 3050. The van der Waals surface area contributed by atoms with E-state index in [1.807, 2.05) is 48.5 Å². The van der Waals surface area contributed by atoms with Crippen LogP contribution in [0.15, 0.2) is 174 Å². The maximum atomic E-state index is 9.08. The van der Waals surface area contributed by atoms with E-state index in [2.05, 4.69) is 91.0 Å². The van der Waals surface area contributed by atoms with Crippen LogP contribution in [0.25, 0.3) is 98.4 Å². The summed E-state index contributed by atoms with van der Waals surface area (Å²) < 4.78 is 50.1. The molecule has 0 unspecified atom stereocenters. The van der Waals surface area contributed by atoms with Gasteiger partial charge in [-0.2, -0.15) is 0 Å². The maximum Gasteiger partial charge on any atom is 0.136 e. The standard InChI is InChI=1S/C46H28O/c1-2-13-29(14-3-1)32-27-28-42-45(40-21-10-11-24-41(40)47-42)46(32)44-38-19-8-6-17-36(38)43(37-18-7-9-20-39(37)44)35-23-12-22-33-31-16-5-4-15-30(31)25-26-34(33)35/h1-28H/i1D,2D,3D,13D,14D. The van der Waals surface area contributed by atoms with E-state index in [4.69, 9.17) is 11.3 Å². The van der Waals surface area contributed by atoms with Gasteiger partial charge >= 0.3 is 0 Å². The van der Waals surface area contributed by atoms with Crippen molar-refractivity contribution in [2.45, 2.75) is 0 Å². The summed E-state index contributed by atoms with van der Waals surface area (Å²) in [5.41, 5.74) is 6.01. The Balaban J connectivity index is 1.42. The predicted molar refractivity (Wildman–Crippen MR) is 200 cm³/mol. The quantitative estimate of drug-likeness (QED) is 0.145. The van der Waals surface area contributed by atoms with Crippen LogP contribution in [0.4, 0.5) is 0 Å². The van der Waals surface area contributed by atoms with Gasteiger partial charge in [-0.1, -0.05) is 158 Å². The minimum Gasteiger partial charge on any atom is -0.456 e. The van der Waals surface area contributed by atoms with Crippen molar-refractivity contribution in [2.75, 3.05) is 0 Å². The van der Waals surface area contributed by atoms with Crippen LogP contribution in [0.1, 0.15) is 6.85 Å². The number of furan rings is 1. The van der Waals surface area contributed by atoms with Crippen molar-refractivity contribution in [1.29, 1.82) is 0 Å². The third kappa shape index (κ3) is 3.84. The Hall–Kier alpha value is -6.18. The van der Waals surface area contributed by atoms with E-state index in [1.165, 1.54) is 16.2 Å². The number of fused-ring (bicyclic) bond motifs is 8. The van der Waals surface area contributed by atoms with E-state index in [1.54, 1.807) is 0 Å². The summed E-state index contributed by atoms with van der Waals surface area (Å²) in [6.45, 7) is 0. The molecule has 0 saturated carbocycles. The average Bonchev–Trinajstić information content (AvgIpc) is 3.57. The highest BCUT2D eigenvalue weighted by molar-refractivity contribution is 6.29. The fourth-order valence-electron chi connectivity index (χ4n) is 7.62. The van der Waals surface area contributed by atoms with Crippen molar-refractivity contribution in [1.82, 2.24) is 0 Å². The lowest BCUT2D eigenvalue weighted by Crippen LogP contribution is -1.94. The summed E-state index contributed by atoms with van der Waals surface area (Å²) in [5, 5.41) is 10.5. The molecule has 0 spiro atoms. The molecule has 1 heterocycles. The van der Waals surface area contributed by atoms with Gasteiger partial charge in [0, 0.05) is 16.3 Å². The molecule has 0 bridgehead atoms. The molecule has 1 aromatic heterocycles. The van der Waals surface area contributed by atoms with Crippen molar-refractivity contribution in [3.63, 3.8) is 0 Å². The molecule has 10 rings (SSSR count). The smallest absolute Gasteiger partial charge is 0.136 e. The van der Waals surface area contributed by atoms with Gasteiger partial charge in [0.2, 0.25) is 0 Å². The number of rotatable bonds is 3. The predicted octanol–water partition coefficient (Wildman–Crippen LogP) is 13.2. The summed E-state index contributed by atoms with van der Waals surface area (Å²) in [7, 11) is 0. The molecule has 1 nitrogen and oxygen atoms in total. The third-order valence-electron chi connectivity index (χ3n) is 9.55. The molecule has 0 N–H and O–H groups in total.